The Kier molecular flexibility index (Phi) is 8.18. The molecule has 0 aliphatic carbocycles. The third kappa shape index (κ3) is 10.5. The molecule has 3 amide bonds. The molecule has 0 saturated heterocycles. The lowest BCUT2D eigenvalue weighted by molar-refractivity contribution is -0.139. The highest BCUT2D eigenvalue weighted by atomic mass is 16.6. The van der Waals surface area contributed by atoms with E-state index in [4.69, 9.17) is 9.84 Å². The van der Waals surface area contributed by atoms with Crippen molar-refractivity contribution >= 4 is 18.1 Å². The molecule has 0 rings (SSSR count). The topological polar surface area (TPSA) is 117 Å². The molecule has 0 saturated carbocycles. The van der Waals surface area contributed by atoms with E-state index < -0.39 is 29.7 Å². The van der Waals surface area contributed by atoms with Crippen molar-refractivity contribution in [2.24, 2.45) is 0 Å². The fourth-order valence-corrected chi connectivity index (χ4v) is 1.47. The second-order valence-electron chi connectivity index (χ2n) is 5.54. The zero-order chi connectivity index (χ0) is 16.5. The van der Waals surface area contributed by atoms with Crippen LogP contribution in [-0.4, -0.2) is 48.4 Å². The summed E-state index contributed by atoms with van der Waals surface area (Å²) in [6.07, 6.45) is 0.939. The highest BCUT2D eigenvalue weighted by Gasteiger charge is 2.19. The molecule has 21 heavy (non-hydrogen) atoms. The number of hydrogen-bond acceptors (Lipinski definition) is 4. The maximum Gasteiger partial charge on any atom is 0.407 e. The summed E-state index contributed by atoms with van der Waals surface area (Å²) in [7, 11) is 1.42. The Hall–Kier alpha value is -1.99. The standard InChI is InChI=1S/C13H25N3O5/c1-13(2,3)21-12(20)15-8-6-5-7-9(10(17)18)16-11(19)14-4/h9H,5-8H2,1-4H3,(H,15,20)(H,17,18)(H2,14,16,19)/t9-/m0/s1. The van der Waals surface area contributed by atoms with Gasteiger partial charge in [0, 0.05) is 13.6 Å². The molecule has 0 aromatic carbocycles. The fourth-order valence-electron chi connectivity index (χ4n) is 1.47. The van der Waals surface area contributed by atoms with Crippen LogP contribution < -0.4 is 16.0 Å². The quantitative estimate of drug-likeness (QED) is 0.525. The number of unbranched alkanes of at least 4 members (excludes halogenated alkanes) is 1. The molecule has 0 unspecified atom stereocenters. The Balaban J connectivity index is 3.88. The highest BCUT2D eigenvalue weighted by Crippen LogP contribution is 2.06. The van der Waals surface area contributed by atoms with E-state index in [9.17, 15) is 14.4 Å². The SMILES string of the molecule is CNC(=O)N[C@@H](CCCCNC(=O)OC(C)(C)C)C(=O)O. The third-order valence-electron chi connectivity index (χ3n) is 2.42. The van der Waals surface area contributed by atoms with Crippen molar-refractivity contribution in [2.45, 2.75) is 51.7 Å². The maximum atomic E-state index is 11.4. The van der Waals surface area contributed by atoms with E-state index in [1.807, 2.05) is 0 Å². The van der Waals surface area contributed by atoms with Crippen LogP contribution in [-0.2, 0) is 9.53 Å². The number of carbonyl (C=O) groups is 3. The van der Waals surface area contributed by atoms with Gasteiger partial charge in [0.25, 0.3) is 0 Å². The average molecular weight is 303 g/mol. The van der Waals surface area contributed by atoms with Crippen LogP contribution in [0.4, 0.5) is 9.59 Å². The van der Waals surface area contributed by atoms with Crippen LogP contribution in [0.25, 0.3) is 0 Å². The van der Waals surface area contributed by atoms with Gasteiger partial charge in [-0.2, -0.15) is 0 Å². The highest BCUT2D eigenvalue weighted by molar-refractivity contribution is 5.82. The van der Waals surface area contributed by atoms with E-state index in [0.717, 1.165) is 0 Å². The van der Waals surface area contributed by atoms with Crippen molar-refractivity contribution in [1.29, 1.82) is 0 Å². The first-order valence-corrected chi connectivity index (χ1v) is 6.83. The number of amides is 3. The van der Waals surface area contributed by atoms with Crippen LogP contribution in [0.2, 0.25) is 0 Å². The summed E-state index contributed by atoms with van der Waals surface area (Å²) in [4.78, 5) is 33.4. The van der Waals surface area contributed by atoms with Crippen LogP contribution in [0.3, 0.4) is 0 Å². The zero-order valence-corrected chi connectivity index (χ0v) is 13.0. The Morgan fingerprint density at radius 2 is 1.81 bits per heavy atom. The largest absolute Gasteiger partial charge is 0.480 e. The van der Waals surface area contributed by atoms with Gasteiger partial charge in [-0.3, -0.25) is 0 Å². The van der Waals surface area contributed by atoms with E-state index in [1.165, 1.54) is 7.05 Å². The Labute approximate surface area is 124 Å². The molecule has 0 aliphatic rings. The molecule has 0 heterocycles. The zero-order valence-electron chi connectivity index (χ0n) is 13.0. The number of carboxylic acid groups (broad SMARTS) is 1. The first-order valence-electron chi connectivity index (χ1n) is 6.83. The molecule has 0 radical (unpaired) electrons. The summed E-state index contributed by atoms with van der Waals surface area (Å²) >= 11 is 0. The van der Waals surface area contributed by atoms with E-state index >= 15 is 0 Å². The van der Waals surface area contributed by atoms with Crippen LogP contribution in [0.15, 0.2) is 0 Å². The molecule has 0 spiro atoms. The molecule has 0 aliphatic heterocycles. The number of ether oxygens (including phenoxy) is 1. The van der Waals surface area contributed by atoms with Gasteiger partial charge < -0.3 is 25.8 Å². The lowest BCUT2D eigenvalue weighted by atomic mass is 10.1. The molecular formula is C13H25N3O5. The van der Waals surface area contributed by atoms with Gasteiger partial charge in [0.1, 0.15) is 11.6 Å². The summed E-state index contributed by atoms with van der Waals surface area (Å²) in [5.74, 6) is -1.08. The van der Waals surface area contributed by atoms with Crippen LogP contribution in [0, 0.1) is 0 Å². The van der Waals surface area contributed by atoms with Crippen LogP contribution in [0.1, 0.15) is 40.0 Å². The predicted octanol–water partition coefficient (Wildman–Crippen LogP) is 1.06. The minimum Gasteiger partial charge on any atom is -0.480 e. The summed E-state index contributed by atoms with van der Waals surface area (Å²) < 4.78 is 5.06. The third-order valence-corrected chi connectivity index (χ3v) is 2.42. The van der Waals surface area contributed by atoms with Crippen molar-refractivity contribution in [3.63, 3.8) is 0 Å². The van der Waals surface area contributed by atoms with Gasteiger partial charge in [-0.25, -0.2) is 14.4 Å². The number of carboxylic acids is 1. The maximum absolute atomic E-state index is 11.4. The number of carbonyl (C=O) groups excluding carboxylic acids is 2. The monoisotopic (exact) mass is 303 g/mol. The van der Waals surface area contributed by atoms with E-state index in [0.29, 0.717) is 25.8 Å². The van der Waals surface area contributed by atoms with Gasteiger partial charge in [0.05, 0.1) is 0 Å². The molecule has 0 aromatic heterocycles. The van der Waals surface area contributed by atoms with Gasteiger partial charge >= 0.3 is 18.1 Å². The van der Waals surface area contributed by atoms with Crippen molar-refractivity contribution in [3.8, 4) is 0 Å². The summed E-state index contributed by atoms with van der Waals surface area (Å²) in [6, 6.07) is -1.47. The summed E-state index contributed by atoms with van der Waals surface area (Å²) in [5.41, 5.74) is -0.546. The number of rotatable bonds is 7. The normalized spacial score (nSPS) is 12.2. The second-order valence-corrected chi connectivity index (χ2v) is 5.54. The molecule has 1 atom stereocenters. The molecule has 0 aromatic rings. The van der Waals surface area contributed by atoms with E-state index in [-0.39, 0.29) is 0 Å². The Morgan fingerprint density at radius 3 is 2.29 bits per heavy atom. The molecule has 4 N–H and O–H groups in total. The van der Waals surface area contributed by atoms with Crippen molar-refractivity contribution in [2.75, 3.05) is 13.6 Å². The van der Waals surface area contributed by atoms with Gasteiger partial charge in [-0.15, -0.1) is 0 Å². The molecular weight excluding hydrogens is 278 g/mol. The number of alkyl carbamates (subject to hydrolysis) is 1. The predicted molar refractivity (Wildman–Crippen MR) is 77.1 cm³/mol. The first kappa shape index (κ1) is 19.0. The van der Waals surface area contributed by atoms with Crippen molar-refractivity contribution < 1.29 is 24.2 Å². The summed E-state index contributed by atoms with van der Waals surface area (Å²) in [5, 5.41) is 16.2. The number of hydrogen-bond donors (Lipinski definition) is 4. The summed E-state index contributed by atoms with van der Waals surface area (Å²) in [6.45, 7) is 5.71. The van der Waals surface area contributed by atoms with E-state index in [1.54, 1.807) is 20.8 Å². The Morgan fingerprint density at radius 1 is 1.19 bits per heavy atom. The lowest BCUT2D eigenvalue weighted by Gasteiger charge is -2.19. The number of aliphatic carboxylic acids is 1. The minimum absolute atomic E-state index is 0.290. The smallest absolute Gasteiger partial charge is 0.407 e. The first-order chi connectivity index (χ1) is 9.65. The van der Waals surface area contributed by atoms with Crippen LogP contribution >= 0.6 is 0 Å². The minimum atomic E-state index is -1.08. The molecule has 122 valence electrons. The average Bonchev–Trinajstić information content (AvgIpc) is 2.34. The molecule has 0 bridgehead atoms. The fraction of sp³-hybridized carbons (Fsp3) is 0.769. The van der Waals surface area contributed by atoms with Crippen molar-refractivity contribution in [3.05, 3.63) is 0 Å². The Bertz CT molecular complexity index is 365. The number of nitrogens with one attached hydrogen (secondary N) is 3. The number of urea groups is 1. The van der Waals surface area contributed by atoms with E-state index in [2.05, 4.69) is 16.0 Å². The lowest BCUT2D eigenvalue weighted by Crippen LogP contribution is -2.44. The van der Waals surface area contributed by atoms with Gasteiger partial charge in [0.2, 0.25) is 0 Å². The van der Waals surface area contributed by atoms with Gasteiger partial charge in [-0.05, 0) is 40.0 Å². The molecule has 8 nitrogen and oxygen atoms in total. The van der Waals surface area contributed by atoms with Crippen LogP contribution in [0.5, 0.6) is 0 Å². The van der Waals surface area contributed by atoms with Gasteiger partial charge in [-0.1, -0.05) is 0 Å². The molecule has 8 heteroatoms. The molecule has 0 fully saturated rings. The van der Waals surface area contributed by atoms with Gasteiger partial charge in [0.15, 0.2) is 0 Å². The van der Waals surface area contributed by atoms with Crippen molar-refractivity contribution in [1.82, 2.24) is 16.0 Å². The second kappa shape index (κ2) is 9.04.